The molecule has 2 rings (SSSR count). The van der Waals surface area contributed by atoms with E-state index >= 15 is 0 Å². The molecule has 4 nitrogen and oxygen atoms in total. The van der Waals surface area contributed by atoms with Gasteiger partial charge in [-0.3, -0.25) is 0 Å². The van der Waals surface area contributed by atoms with Crippen molar-refractivity contribution in [3.8, 4) is 0 Å². The Morgan fingerprint density at radius 2 is 2.23 bits per heavy atom. The maximum absolute atomic E-state index is 5.38. The highest BCUT2D eigenvalue weighted by atomic mass is 16.5. The van der Waals surface area contributed by atoms with Crippen LogP contribution in [-0.4, -0.2) is 30.7 Å². The first-order valence-corrected chi connectivity index (χ1v) is 4.37. The molecule has 0 aromatic carbocycles. The molecule has 0 saturated heterocycles. The van der Waals surface area contributed by atoms with Gasteiger partial charge in [0.15, 0.2) is 0 Å². The summed E-state index contributed by atoms with van der Waals surface area (Å²) in [4.78, 5) is 10.5. The number of hydrogen-bond acceptors (Lipinski definition) is 4. The fourth-order valence-electron chi connectivity index (χ4n) is 1.53. The lowest BCUT2D eigenvalue weighted by Gasteiger charge is -2.21. The molecule has 0 amide bonds. The van der Waals surface area contributed by atoms with Crippen molar-refractivity contribution >= 4 is 5.82 Å². The van der Waals surface area contributed by atoms with Gasteiger partial charge in [0, 0.05) is 26.1 Å². The standard InChI is InChI=1S/C9H13N3O/c1-12(2)9-7-5-13-4-3-8(7)10-6-11-9/h6H,3-5H2,1-2H3. The summed E-state index contributed by atoms with van der Waals surface area (Å²) >= 11 is 0. The fraction of sp³-hybridized carbons (Fsp3) is 0.556. The van der Waals surface area contributed by atoms with E-state index in [2.05, 4.69) is 9.97 Å². The first-order valence-electron chi connectivity index (χ1n) is 4.37. The molecule has 0 saturated carbocycles. The van der Waals surface area contributed by atoms with Crippen molar-refractivity contribution in [3.63, 3.8) is 0 Å². The summed E-state index contributed by atoms with van der Waals surface area (Å²) in [5.41, 5.74) is 2.27. The van der Waals surface area contributed by atoms with Gasteiger partial charge in [-0.2, -0.15) is 0 Å². The largest absolute Gasteiger partial charge is 0.376 e. The van der Waals surface area contributed by atoms with E-state index in [0.29, 0.717) is 6.61 Å². The van der Waals surface area contributed by atoms with E-state index in [0.717, 1.165) is 30.1 Å². The maximum Gasteiger partial charge on any atom is 0.137 e. The van der Waals surface area contributed by atoms with Crippen LogP contribution in [0.4, 0.5) is 5.82 Å². The minimum absolute atomic E-state index is 0.643. The predicted molar refractivity (Wildman–Crippen MR) is 49.7 cm³/mol. The van der Waals surface area contributed by atoms with Gasteiger partial charge in [0.1, 0.15) is 12.1 Å². The monoisotopic (exact) mass is 179 g/mol. The Hall–Kier alpha value is -1.16. The molecule has 0 radical (unpaired) electrons. The Bertz CT molecular complexity index is 312. The van der Waals surface area contributed by atoms with E-state index in [1.54, 1.807) is 6.33 Å². The summed E-state index contributed by atoms with van der Waals surface area (Å²) < 4.78 is 5.38. The van der Waals surface area contributed by atoms with Gasteiger partial charge in [0.25, 0.3) is 0 Å². The van der Waals surface area contributed by atoms with E-state index in [1.165, 1.54) is 0 Å². The second kappa shape index (κ2) is 3.30. The Morgan fingerprint density at radius 1 is 1.38 bits per heavy atom. The van der Waals surface area contributed by atoms with Crippen LogP contribution in [0, 0.1) is 0 Å². The van der Waals surface area contributed by atoms with Crippen LogP contribution in [0.2, 0.25) is 0 Å². The number of anilines is 1. The molecule has 0 N–H and O–H groups in total. The molecule has 0 atom stereocenters. The Labute approximate surface area is 77.6 Å². The third-order valence-corrected chi connectivity index (χ3v) is 2.17. The van der Waals surface area contributed by atoms with Crippen LogP contribution in [0.5, 0.6) is 0 Å². The molecular weight excluding hydrogens is 166 g/mol. The van der Waals surface area contributed by atoms with Gasteiger partial charge in [0.2, 0.25) is 0 Å². The van der Waals surface area contributed by atoms with Crippen LogP contribution < -0.4 is 4.90 Å². The molecule has 1 aliphatic rings. The third kappa shape index (κ3) is 1.49. The summed E-state index contributed by atoms with van der Waals surface area (Å²) in [6.45, 7) is 1.42. The predicted octanol–water partition coefficient (Wildman–Crippen LogP) is 0.615. The molecule has 1 aliphatic heterocycles. The molecule has 4 heteroatoms. The number of rotatable bonds is 1. The summed E-state index contributed by atoms with van der Waals surface area (Å²) in [6, 6.07) is 0. The molecule has 0 bridgehead atoms. The van der Waals surface area contributed by atoms with Gasteiger partial charge in [-0.05, 0) is 0 Å². The van der Waals surface area contributed by atoms with Crippen LogP contribution in [0.1, 0.15) is 11.3 Å². The SMILES string of the molecule is CN(C)c1ncnc2c1COCC2. The van der Waals surface area contributed by atoms with Crippen molar-refractivity contribution in [2.45, 2.75) is 13.0 Å². The van der Waals surface area contributed by atoms with Gasteiger partial charge in [0.05, 0.1) is 18.9 Å². The average molecular weight is 179 g/mol. The van der Waals surface area contributed by atoms with E-state index in [-0.39, 0.29) is 0 Å². The van der Waals surface area contributed by atoms with Gasteiger partial charge in [-0.15, -0.1) is 0 Å². The second-order valence-electron chi connectivity index (χ2n) is 3.32. The maximum atomic E-state index is 5.38. The molecule has 0 spiro atoms. The lowest BCUT2D eigenvalue weighted by molar-refractivity contribution is 0.109. The number of nitrogens with zero attached hydrogens (tertiary/aromatic N) is 3. The van der Waals surface area contributed by atoms with Gasteiger partial charge in [-0.25, -0.2) is 9.97 Å². The highest BCUT2D eigenvalue weighted by Gasteiger charge is 2.16. The number of fused-ring (bicyclic) bond motifs is 1. The second-order valence-corrected chi connectivity index (χ2v) is 3.32. The van der Waals surface area contributed by atoms with Crippen molar-refractivity contribution < 1.29 is 4.74 Å². The van der Waals surface area contributed by atoms with Crippen molar-refractivity contribution in [1.29, 1.82) is 0 Å². The molecular formula is C9H13N3O. The Balaban J connectivity index is 2.46. The molecule has 1 aromatic rings. The molecule has 1 aromatic heterocycles. The van der Waals surface area contributed by atoms with Gasteiger partial charge < -0.3 is 9.64 Å². The first-order chi connectivity index (χ1) is 6.29. The summed E-state index contributed by atoms with van der Waals surface area (Å²) in [5.74, 6) is 0.977. The topological polar surface area (TPSA) is 38.2 Å². The normalized spacial score (nSPS) is 15.2. The molecule has 70 valence electrons. The quantitative estimate of drug-likeness (QED) is 0.633. The summed E-state index contributed by atoms with van der Waals surface area (Å²) in [6.07, 6.45) is 2.53. The van der Waals surface area contributed by atoms with Crippen molar-refractivity contribution in [2.24, 2.45) is 0 Å². The zero-order chi connectivity index (χ0) is 9.26. The average Bonchev–Trinajstić information content (AvgIpc) is 2.17. The lowest BCUT2D eigenvalue weighted by Crippen LogP contribution is -2.19. The minimum atomic E-state index is 0.643. The number of ether oxygens (including phenoxy) is 1. The van der Waals surface area contributed by atoms with E-state index in [1.807, 2.05) is 19.0 Å². The number of hydrogen-bond donors (Lipinski definition) is 0. The lowest BCUT2D eigenvalue weighted by atomic mass is 10.1. The highest BCUT2D eigenvalue weighted by molar-refractivity contribution is 5.47. The van der Waals surface area contributed by atoms with Gasteiger partial charge >= 0.3 is 0 Å². The zero-order valence-electron chi connectivity index (χ0n) is 7.95. The van der Waals surface area contributed by atoms with Crippen LogP contribution in [-0.2, 0) is 17.8 Å². The van der Waals surface area contributed by atoms with Crippen LogP contribution >= 0.6 is 0 Å². The number of aromatic nitrogens is 2. The van der Waals surface area contributed by atoms with Crippen molar-refractivity contribution in [2.75, 3.05) is 25.6 Å². The minimum Gasteiger partial charge on any atom is -0.376 e. The third-order valence-electron chi connectivity index (χ3n) is 2.17. The van der Waals surface area contributed by atoms with Crippen LogP contribution in [0.15, 0.2) is 6.33 Å². The zero-order valence-corrected chi connectivity index (χ0v) is 7.95. The fourth-order valence-corrected chi connectivity index (χ4v) is 1.53. The van der Waals surface area contributed by atoms with Crippen LogP contribution in [0.3, 0.4) is 0 Å². The van der Waals surface area contributed by atoms with Crippen LogP contribution in [0.25, 0.3) is 0 Å². The molecule has 0 fully saturated rings. The molecule has 0 unspecified atom stereocenters. The summed E-state index contributed by atoms with van der Waals surface area (Å²) in [7, 11) is 3.97. The van der Waals surface area contributed by atoms with Gasteiger partial charge in [-0.1, -0.05) is 0 Å². The molecule has 13 heavy (non-hydrogen) atoms. The Kier molecular flexibility index (Phi) is 2.14. The Morgan fingerprint density at radius 3 is 3.00 bits per heavy atom. The smallest absolute Gasteiger partial charge is 0.137 e. The molecule has 2 heterocycles. The van der Waals surface area contributed by atoms with E-state index in [9.17, 15) is 0 Å². The first kappa shape index (κ1) is 8.44. The summed E-state index contributed by atoms with van der Waals surface area (Å²) in [5, 5.41) is 0. The van der Waals surface area contributed by atoms with Crippen molar-refractivity contribution in [3.05, 3.63) is 17.6 Å². The van der Waals surface area contributed by atoms with Crippen molar-refractivity contribution in [1.82, 2.24) is 9.97 Å². The molecule has 0 aliphatic carbocycles. The van der Waals surface area contributed by atoms with E-state index in [4.69, 9.17) is 4.74 Å². The highest BCUT2D eigenvalue weighted by Crippen LogP contribution is 2.22. The van der Waals surface area contributed by atoms with E-state index < -0.39 is 0 Å².